The summed E-state index contributed by atoms with van der Waals surface area (Å²) in [5.74, 6) is 0. The first kappa shape index (κ1) is 21.4. The Labute approximate surface area is 194 Å². The number of aliphatic hydroxyl groups excluding tert-OH is 2. The van der Waals surface area contributed by atoms with Crippen molar-refractivity contribution in [1.82, 2.24) is 15.0 Å². The highest BCUT2D eigenvalue weighted by Crippen LogP contribution is 2.33. The Morgan fingerprint density at radius 2 is 1.75 bits per heavy atom. The van der Waals surface area contributed by atoms with Gasteiger partial charge in [0.25, 0.3) is 0 Å². The predicted octanol–water partition coefficient (Wildman–Crippen LogP) is 4.55. The standard InChI is InChI=1S/C24H22ClN3O3S/c25-18-11-19-23(28-24(26-19)32-17-10-20(30)21(12-29)31-13-17)27-22(18)16-8-6-15(7-9-16)14-4-2-1-3-5-14/h1-9,11,17,20-21,29-30H,10,12-13H2,(H,26,27,28)/t17-,20+,21-/m1/s1. The molecule has 164 valence electrons. The number of fused-ring (bicyclic) bond motifs is 1. The number of thioether (sulfide) groups is 1. The number of rotatable bonds is 5. The molecule has 0 unspecified atom stereocenters. The van der Waals surface area contributed by atoms with Crippen LogP contribution in [0.5, 0.6) is 0 Å². The topological polar surface area (TPSA) is 91.3 Å². The molecule has 4 aromatic rings. The van der Waals surface area contributed by atoms with Gasteiger partial charge < -0.3 is 19.9 Å². The van der Waals surface area contributed by atoms with Gasteiger partial charge in [-0.2, -0.15) is 0 Å². The normalized spacial score (nSPS) is 21.2. The minimum Gasteiger partial charge on any atom is -0.394 e. The molecule has 1 fully saturated rings. The van der Waals surface area contributed by atoms with Gasteiger partial charge >= 0.3 is 0 Å². The number of nitrogens with zero attached hydrogens (tertiary/aromatic N) is 2. The van der Waals surface area contributed by atoms with Gasteiger partial charge in [0.05, 0.1) is 35.6 Å². The van der Waals surface area contributed by atoms with Crippen LogP contribution in [0.25, 0.3) is 33.5 Å². The summed E-state index contributed by atoms with van der Waals surface area (Å²) in [6.45, 7) is 0.262. The van der Waals surface area contributed by atoms with E-state index in [1.165, 1.54) is 11.8 Å². The lowest BCUT2D eigenvalue weighted by atomic mass is 10.0. The summed E-state index contributed by atoms with van der Waals surface area (Å²) in [5, 5.41) is 20.6. The fraction of sp³-hybridized carbons (Fsp3) is 0.250. The lowest BCUT2D eigenvalue weighted by Gasteiger charge is -2.31. The zero-order valence-electron chi connectivity index (χ0n) is 17.1. The number of nitrogens with one attached hydrogen (secondary N) is 1. The monoisotopic (exact) mass is 467 g/mol. The lowest BCUT2D eigenvalue weighted by molar-refractivity contribution is -0.0915. The van der Waals surface area contributed by atoms with Crippen molar-refractivity contribution in [2.75, 3.05) is 13.2 Å². The first-order chi connectivity index (χ1) is 15.6. The molecule has 1 saturated heterocycles. The molecule has 3 N–H and O–H groups in total. The first-order valence-corrected chi connectivity index (χ1v) is 11.7. The van der Waals surface area contributed by atoms with Gasteiger partial charge in [-0.1, -0.05) is 78.0 Å². The molecular formula is C24H22ClN3O3S. The molecule has 1 aliphatic rings. The molecule has 0 amide bonds. The number of H-pyrrole nitrogens is 1. The van der Waals surface area contributed by atoms with Crippen molar-refractivity contribution in [2.45, 2.75) is 29.0 Å². The molecule has 6 nitrogen and oxygen atoms in total. The van der Waals surface area contributed by atoms with Gasteiger partial charge in [0.2, 0.25) is 0 Å². The van der Waals surface area contributed by atoms with Gasteiger partial charge in [0, 0.05) is 10.8 Å². The molecule has 0 spiro atoms. The number of aromatic nitrogens is 3. The molecule has 3 atom stereocenters. The first-order valence-electron chi connectivity index (χ1n) is 10.4. The second-order valence-electron chi connectivity index (χ2n) is 7.77. The van der Waals surface area contributed by atoms with E-state index in [0.29, 0.717) is 34.5 Å². The maximum absolute atomic E-state index is 10.1. The van der Waals surface area contributed by atoms with Gasteiger partial charge in [0.15, 0.2) is 10.8 Å². The van der Waals surface area contributed by atoms with Crippen molar-refractivity contribution in [3.63, 3.8) is 0 Å². The minimum absolute atomic E-state index is 0.0360. The zero-order valence-corrected chi connectivity index (χ0v) is 18.7. The SMILES string of the molecule is OC[C@H]1OC[C@H](Sc2nc3nc(-c4ccc(-c5ccccc5)cc4)c(Cl)cc3[nH]2)C[C@@H]1O. The maximum Gasteiger partial charge on any atom is 0.179 e. The van der Waals surface area contributed by atoms with E-state index in [1.54, 1.807) is 0 Å². The number of aromatic amines is 1. The average molecular weight is 468 g/mol. The largest absolute Gasteiger partial charge is 0.394 e. The van der Waals surface area contributed by atoms with Crippen LogP contribution in [0.15, 0.2) is 65.8 Å². The van der Waals surface area contributed by atoms with Crippen molar-refractivity contribution in [3.8, 4) is 22.4 Å². The number of pyridine rings is 1. The second kappa shape index (κ2) is 9.21. The van der Waals surface area contributed by atoms with E-state index in [0.717, 1.165) is 22.2 Å². The summed E-state index contributed by atoms with van der Waals surface area (Å²) in [6, 6.07) is 20.2. The summed E-state index contributed by atoms with van der Waals surface area (Å²) < 4.78 is 5.54. The maximum atomic E-state index is 10.1. The van der Waals surface area contributed by atoms with Crippen molar-refractivity contribution >= 4 is 34.5 Å². The van der Waals surface area contributed by atoms with Gasteiger partial charge in [-0.3, -0.25) is 0 Å². The smallest absolute Gasteiger partial charge is 0.179 e. The molecular weight excluding hydrogens is 446 g/mol. The van der Waals surface area contributed by atoms with E-state index in [2.05, 4.69) is 34.2 Å². The van der Waals surface area contributed by atoms with Crippen LogP contribution in [0.1, 0.15) is 6.42 Å². The Kier molecular flexibility index (Phi) is 6.17. The molecule has 5 rings (SSSR count). The van der Waals surface area contributed by atoms with Crippen LogP contribution in [0.4, 0.5) is 0 Å². The van der Waals surface area contributed by atoms with Crippen LogP contribution >= 0.6 is 23.4 Å². The Morgan fingerprint density at radius 3 is 2.47 bits per heavy atom. The Bertz CT molecular complexity index is 1220. The van der Waals surface area contributed by atoms with Crippen molar-refractivity contribution in [2.24, 2.45) is 0 Å². The summed E-state index contributed by atoms with van der Waals surface area (Å²) in [5.41, 5.74) is 5.24. The highest BCUT2D eigenvalue weighted by atomic mass is 35.5. The molecule has 0 radical (unpaired) electrons. The molecule has 1 aliphatic heterocycles. The number of ether oxygens (including phenoxy) is 1. The number of imidazole rings is 1. The minimum atomic E-state index is -0.686. The fourth-order valence-corrected chi connectivity index (χ4v) is 5.17. The second-order valence-corrected chi connectivity index (χ2v) is 9.47. The van der Waals surface area contributed by atoms with Gasteiger partial charge in [0.1, 0.15) is 6.10 Å². The summed E-state index contributed by atoms with van der Waals surface area (Å²) in [6.07, 6.45) is -0.673. The van der Waals surface area contributed by atoms with Crippen LogP contribution in [0.3, 0.4) is 0 Å². The van der Waals surface area contributed by atoms with Crippen molar-refractivity contribution < 1.29 is 14.9 Å². The molecule has 8 heteroatoms. The molecule has 0 aliphatic carbocycles. The number of benzene rings is 2. The zero-order chi connectivity index (χ0) is 22.1. The van der Waals surface area contributed by atoms with E-state index in [1.807, 2.05) is 36.4 Å². The van der Waals surface area contributed by atoms with Crippen LogP contribution in [0.2, 0.25) is 5.02 Å². The van der Waals surface area contributed by atoms with Crippen molar-refractivity contribution in [3.05, 3.63) is 65.7 Å². The quantitative estimate of drug-likeness (QED) is 0.399. The third-order valence-electron chi connectivity index (χ3n) is 5.56. The molecule has 0 saturated carbocycles. The van der Waals surface area contributed by atoms with E-state index >= 15 is 0 Å². The summed E-state index contributed by atoms with van der Waals surface area (Å²) in [7, 11) is 0. The van der Waals surface area contributed by atoms with Crippen LogP contribution in [0, 0.1) is 0 Å². The molecule has 0 bridgehead atoms. The highest BCUT2D eigenvalue weighted by molar-refractivity contribution is 7.99. The van der Waals surface area contributed by atoms with Gasteiger partial charge in [-0.05, 0) is 23.6 Å². The summed E-state index contributed by atoms with van der Waals surface area (Å²) in [4.78, 5) is 12.6. The van der Waals surface area contributed by atoms with E-state index in [4.69, 9.17) is 21.3 Å². The Morgan fingerprint density at radius 1 is 1.03 bits per heavy atom. The van der Waals surface area contributed by atoms with E-state index in [-0.39, 0.29) is 11.9 Å². The van der Waals surface area contributed by atoms with Crippen molar-refractivity contribution in [1.29, 1.82) is 0 Å². The van der Waals surface area contributed by atoms with Crippen LogP contribution < -0.4 is 0 Å². The number of halogens is 1. The number of hydrogen-bond donors (Lipinski definition) is 3. The highest BCUT2D eigenvalue weighted by Gasteiger charge is 2.30. The van der Waals surface area contributed by atoms with E-state index in [9.17, 15) is 10.2 Å². The average Bonchev–Trinajstić information content (AvgIpc) is 3.20. The molecule has 2 aromatic carbocycles. The van der Waals surface area contributed by atoms with Gasteiger partial charge in [-0.15, -0.1) is 0 Å². The van der Waals surface area contributed by atoms with Crippen LogP contribution in [-0.2, 0) is 4.74 Å². The van der Waals surface area contributed by atoms with E-state index < -0.39 is 12.2 Å². The Hall–Kier alpha value is -2.42. The lowest BCUT2D eigenvalue weighted by Crippen LogP contribution is -2.41. The predicted molar refractivity (Wildman–Crippen MR) is 127 cm³/mol. The van der Waals surface area contributed by atoms with Crippen LogP contribution in [-0.4, -0.2) is 55.8 Å². The van der Waals surface area contributed by atoms with Gasteiger partial charge in [-0.25, -0.2) is 9.97 Å². The third kappa shape index (κ3) is 4.40. The summed E-state index contributed by atoms with van der Waals surface area (Å²) >= 11 is 8.05. The molecule has 2 aromatic heterocycles. The number of hydrogen-bond acceptors (Lipinski definition) is 6. The fourth-order valence-electron chi connectivity index (χ4n) is 3.85. The Balaban J connectivity index is 1.37. The molecule has 32 heavy (non-hydrogen) atoms. The number of aliphatic hydroxyl groups is 2. The molecule has 3 heterocycles. The third-order valence-corrected chi connectivity index (χ3v) is 6.92.